The predicted molar refractivity (Wildman–Crippen MR) is 70.6 cm³/mol. The number of carbonyl (C=O) groups is 1. The van der Waals surface area contributed by atoms with Crippen LogP contribution in [0.5, 0.6) is 0 Å². The Labute approximate surface area is 112 Å². The van der Waals surface area contributed by atoms with Crippen LogP contribution >= 0.6 is 11.6 Å². The van der Waals surface area contributed by atoms with E-state index in [1.54, 1.807) is 0 Å². The third-order valence-electron chi connectivity index (χ3n) is 3.40. The highest BCUT2D eigenvalue weighted by Crippen LogP contribution is 2.25. The number of hydrogen-bond donors (Lipinski definition) is 1. The fraction of sp³-hybridized carbons (Fsp3) is 0.615. The summed E-state index contributed by atoms with van der Waals surface area (Å²) in [6.07, 6.45) is 10.5. The maximum absolute atomic E-state index is 11.8. The molecule has 5 heteroatoms. The maximum Gasteiger partial charge on any atom is 0.271 e. The number of hydrogen-bond acceptors (Lipinski definition) is 3. The highest BCUT2D eigenvalue weighted by Gasteiger charge is 2.14. The Morgan fingerprint density at radius 2 is 2.11 bits per heavy atom. The standard InChI is InChI=1S/C13H18ClN3O/c14-12-9-15-8-11(17-12)13(18)16-7-6-10-4-2-1-3-5-10/h8-10H,1-7H2,(H,16,18). The van der Waals surface area contributed by atoms with Gasteiger partial charge in [-0.05, 0) is 12.3 Å². The van der Waals surface area contributed by atoms with Crippen molar-refractivity contribution in [1.29, 1.82) is 0 Å². The highest BCUT2D eigenvalue weighted by atomic mass is 35.5. The minimum atomic E-state index is -0.194. The van der Waals surface area contributed by atoms with E-state index >= 15 is 0 Å². The summed E-state index contributed by atoms with van der Waals surface area (Å²) in [5.74, 6) is 0.574. The van der Waals surface area contributed by atoms with Gasteiger partial charge < -0.3 is 5.32 Å². The first-order valence-corrected chi connectivity index (χ1v) is 6.89. The molecule has 18 heavy (non-hydrogen) atoms. The molecule has 1 aliphatic carbocycles. The molecular formula is C13H18ClN3O. The Hall–Kier alpha value is -1.16. The van der Waals surface area contributed by atoms with Crippen LogP contribution < -0.4 is 5.32 Å². The molecule has 2 rings (SSSR count). The second-order valence-electron chi connectivity index (χ2n) is 4.78. The molecule has 1 aromatic heterocycles. The molecule has 1 heterocycles. The van der Waals surface area contributed by atoms with E-state index in [1.807, 2.05) is 0 Å². The lowest BCUT2D eigenvalue weighted by molar-refractivity contribution is 0.0945. The molecule has 0 saturated heterocycles. The molecule has 98 valence electrons. The van der Waals surface area contributed by atoms with Crippen LogP contribution in [0.2, 0.25) is 5.15 Å². The predicted octanol–water partition coefficient (Wildman–Crippen LogP) is 2.83. The average Bonchev–Trinajstić information content (AvgIpc) is 2.40. The Balaban J connectivity index is 1.74. The summed E-state index contributed by atoms with van der Waals surface area (Å²) in [6.45, 7) is 0.706. The Morgan fingerprint density at radius 1 is 1.33 bits per heavy atom. The van der Waals surface area contributed by atoms with E-state index in [0.29, 0.717) is 6.54 Å². The minimum absolute atomic E-state index is 0.194. The first-order chi connectivity index (χ1) is 8.75. The van der Waals surface area contributed by atoms with Gasteiger partial charge in [-0.2, -0.15) is 0 Å². The molecule has 1 saturated carbocycles. The van der Waals surface area contributed by atoms with Crippen LogP contribution in [0.15, 0.2) is 12.4 Å². The second-order valence-corrected chi connectivity index (χ2v) is 5.16. The van der Waals surface area contributed by atoms with E-state index in [1.165, 1.54) is 44.5 Å². The summed E-state index contributed by atoms with van der Waals surface area (Å²) in [7, 11) is 0. The van der Waals surface area contributed by atoms with Gasteiger partial charge in [-0.25, -0.2) is 4.98 Å². The van der Waals surface area contributed by atoms with E-state index in [2.05, 4.69) is 15.3 Å². The van der Waals surface area contributed by atoms with Crippen LogP contribution in [-0.2, 0) is 0 Å². The number of rotatable bonds is 4. The molecule has 0 aromatic carbocycles. The monoisotopic (exact) mass is 267 g/mol. The van der Waals surface area contributed by atoms with E-state index in [9.17, 15) is 4.79 Å². The lowest BCUT2D eigenvalue weighted by Crippen LogP contribution is -2.27. The number of nitrogens with one attached hydrogen (secondary N) is 1. The summed E-state index contributed by atoms with van der Waals surface area (Å²) in [6, 6.07) is 0. The van der Waals surface area contributed by atoms with Crippen molar-refractivity contribution in [2.75, 3.05) is 6.54 Å². The smallest absolute Gasteiger partial charge is 0.271 e. The van der Waals surface area contributed by atoms with Crippen LogP contribution in [0, 0.1) is 5.92 Å². The van der Waals surface area contributed by atoms with Crippen molar-refractivity contribution in [3.63, 3.8) is 0 Å². The van der Waals surface area contributed by atoms with Crippen molar-refractivity contribution in [2.24, 2.45) is 5.92 Å². The summed E-state index contributed by atoms with van der Waals surface area (Å²) < 4.78 is 0. The summed E-state index contributed by atoms with van der Waals surface area (Å²) >= 11 is 5.69. The third-order valence-corrected chi connectivity index (χ3v) is 3.58. The third kappa shape index (κ3) is 3.95. The summed E-state index contributed by atoms with van der Waals surface area (Å²) in [5.41, 5.74) is 0.283. The molecule has 1 aromatic rings. The van der Waals surface area contributed by atoms with Crippen molar-refractivity contribution in [1.82, 2.24) is 15.3 Å². The van der Waals surface area contributed by atoms with Crippen molar-refractivity contribution >= 4 is 17.5 Å². The summed E-state index contributed by atoms with van der Waals surface area (Å²) in [4.78, 5) is 19.5. The van der Waals surface area contributed by atoms with E-state index in [4.69, 9.17) is 11.6 Å². The molecular weight excluding hydrogens is 250 g/mol. The SMILES string of the molecule is O=C(NCCC1CCCCC1)c1cncc(Cl)n1. The second kappa shape index (κ2) is 6.69. The normalized spacial score (nSPS) is 16.5. The van der Waals surface area contributed by atoms with Crippen molar-refractivity contribution in [2.45, 2.75) is 38.5 Å². The van der Waals surface area contributed by atoms with Crippen LogP contribution in [0.3, 0.4) is 0 Å². The van der Waals surface area contributed by atoms with Gasteiger partial charge in [0, 0.05) is 6.54 Å². The van der Waals surface area contributed by atoms with E-state index < -0.39 is 0 Å². The molecule has 0 spiro atoms. The van der Waals surface area contributed by atoms with Gasteiger partial charge in [0.1, 0.15) is 10.8 Å². The highest BCUT2D eigenvalue weighted by molar-refractivity contribution is 6.29. The topological polar surface area (TPSA) is 54.9 Å². The van der Waals surface area contributed by atoms with Gasteiger partial charge in [-0.15, -0.1) is 0 Å². The van der Waals surface area contributed by atoms with Gasteiger partial charge >= 0.3 is 0 Å². The lowest BCUT2D eigenvalue weighted by Gasteiger charge is -2.21. The molecule has 0 atom stereocenters. The zero-order chi connectivity index (χ0) is 12.8. The molecule has 0 radical (unpaired) electrons. The quantitative estimate of drug-likeness (QED) is 0.913. The molecule has 4 nitrogen and oxygen atoms in total. The summed E-state index contributed by atoms with van der Waals surface area (Å²) in [5, 5.41) is 3.12. The van der Waals surface area contributed by atoms with Crippen LogP contribution in [-0.4, -0.2) is 22.4 Å². The molecule has 0 bridgehead atoms. The van der Waals surface area contributed by atoms with Gasteiger partial charge in [0.05, 0.1) is 12.4 Å². The number of aromatic nitrogens is 2. The van der Waals surface area contributed by atoms with Crippen molar-refractivity contribution < 1.29 is 4.79 Å². The molecule has 1 amide bonds. The Kier molecular flexibility index (Phi) is 4.93. The van der Waals surface area contributed by atoms with Gasteiger partial charge in [-0.3, -0.25) is 9.78 Å². The van der Waals surface area contributed by atoms with Crippen LogP contribution in [0.1, 0.15) is 49.0 Å². The largest absolute Gasteiger partial charge is 0.351 e. The molecule has 1 aliphatic rings. The molecule has 0 unspecified atom stereocenters. The minimum Gasteiger partial charge on any atom is -0.351 e. The Bertz CT molecular complexity index is 405. The Morgan fingerprint density at radius 3 is 2.83 bits per heavy atom. The molecule has 1 fully saturated rings. The number of carbonyl (C=O) groups excluding carboxylic acids is 1. The van der Waals surface area contributed by atoms with Gasteiger partial charge in [0.2, 0.25) is 0 Å². The zero-order valence-corrected chi connectivity index (χ0v) is 11.1. The first-order valence-electron chi connectivity index (χ1n) is 6.51. The van der Waals surface area contributed by atoms with Crippen LogP contribution in [0.4, 0.5) is 0 Å². The number of nitrogens with zero attached hydrogens (tertiary/aromatic N) is 2. The average molecular weight is 268 g/mol. The fourth-order valence-corrected chi connectivity index (χ4v) is 2.56. The van der Waals surface area contributed by atoms with Crippen molar-refractivity contribution in [3.05, 3.63) is 23.2 Å². The van der Waals surface area contributed by atoms with Crippen molar-refractivity contribution in [3.8, 4) is 0 Å². The fourth-order valence-electron chi connectivity index (χ4n) is 2.41. The molecule has 1 N–H and O–H groups in total. The maximum atomic E-state index is 11.8. The zero-order valence-electron chi connectivity index (χ0n) is 10.4. The van der Waals surface area contributed by atoms with Gasteiger partial charge in [-0.1, -0.05) is 43.7 Å². The molecule has 0 aliphatic heterocycles. The first kappa shape index (κ1) is 13.3. The van der Waals surface area contributed by atoms with E-state index in [-0.39, 0.29) is 16.8 Å². The van der Waals surface area contributed by atoms with Gasteiger partial charge in [0.25, 0.3) is 5.91 Å². The number of halogens is 1. The van der Waals surface area contributed by atoms with E-state index in [0.717, 1.165) is 12.3 Å². The number of amides is 1. The van der Waals surface area contributed by atoms with Crippen LogP contribution in [0.25, 0.3) is 0 Å². The lowest BCUT2D eigenvalue weighted by atomic mass is 9.87. The van der Waals surface area contributed by atoms with Gasteiger partial charge in [0.15, 0.2) is 0 Å².